The van der Waals surface area contributed by atoms with Gasteiger partial charge in [0.25, 0.3) is 0 Å². The van der Waals surface area contributed by atoms with Crippen LogP contribution >= 0.6 is 0 Å². The fourth-order valence-corrected chi connectivity index (χ4v) is 4.40. The van der Waals surface area contributed by atoms with Crippen LogP contribution in [0.25, 0.3) is 0 Å². The summed E-state index contributed by atoms with van der Waals surface area (Å²) in [5.41, 5.74) is 2.02. The lowest BCUT2D eigenvalue weighted by atomic mass is 9.94. The second-order valence-electron chi connectivity index (χ2n) is 8.19. The highest BCUT2D eigenvalue weighted by Gasteiger charge is 2.34. The first-order valence-corrected chi connectivity index (χ1v) is 11.0. The Kier molecular flexibility index (Phi) is 6.77. The predicted octanol–water partition coefficient (Wildman–Crippen LogP) is 5.58. The van der Waals surface area contributed by atoms with Crippen molar-refractivity contribution in [1.29, 1.82) is 0 Å². The molecule has 0 bridgehead atoms. The zero-order chi connectivity index (χ0) is 24.3. The van der Waals surface area contributed by atoms with Gasteiger partial charge in [0, 0.05) is 12.2 Å². The van der Waals surface area contributed by atoms with Crippen molar-refractivity contribution >= 4 is 11.9 Å². The van der Waals surface area contributed by atoms with E-state index in [0.29, 0.717) is 24.0 Å². The zero-order valence-electron chi connectivity index (χ0n) is 18.7. The summed E-state index contributed by atoms with van der Waals surface area (Å²) in [4.78, 5) is 26.0. The summed E-state index contributed by atoms with van der Waals surface area (Å²) in [6.07, 6.45) is -1.63. The molecule has 5 nitrogen and oxygen atoms in total. The molecule has 8 heteroatoms. The van der Waals surface area contributed by atoms with Gasteiger partial charge in [-0.1, -0.05) is 42.5 Å². The Morgan fingerprint density at radius 1 is 0.941 bits per heavy atom. The van der Waals surface area contributed by atoms with E-state index in [1.165, 1.54) is 13.2 Å². The van der Waals surface area contributed by atoms with Gasteiger partial charge in [-0.25, -0.2) is 9.59 Å². The molecule has 0 N–H and O–H groups in total. The Hall–Kier alpha value is -3.55. The first-order valence-electron chi connectivity index (χ1n) is 11.0. The van der Waals surface area contributed by atoms with Crippen LogP contribution in [0.5, 0.6) is 0 Å². The number of methoxy groups -OCH3 is 1. The third-order valence-corrected chi connectivity index (χ3v) is 5.96. The van der Waals surface area contributed by atoms with E-state index in [1.54, 1.807) is 10.6 Å². The third kappa shape index (κ3) is 4.85. The third-order valence-electron chi connectivity index (χ3n) is 5.96. The highest BCUT2D eigenvalue weighted by Crippen LogP contribution is 2.34. The summed E-state index contributed by atoms with van der Waals surface area (Å²) in [5, 5.41) is 0. The SMILES string of the molecule is COC(=O)c1c(C(=O)OCc2ccccc2)c2c(n1Cc1cccc(C(F)(F)F)c1)CCCC2. The summed E-state index contributed by atoms with van der Waals surface area (Å²) in [5.74, 6) is -1.38. The average molecular weight is 471 g/mol. The smallest absolute Gasteiger partial charge is 0.416 e. The van der Waals surface area contributed by atoms with Gasteiger partial charge in [0.05, 0.1) is 18.2 Å². The zero-order valence-corrected chi connectivity index (χ0v) is 18.7. The maximum absolute atomic E-state index is 13.2. The Balaban J connectivity index is 1.75. The number of hydrogen-bond donors (Lipinski definition) is 0. The van der Waals surface area contributed by atoms with Crippen LogP contribution in [0.4, 0.5) is 13.2 Å². The molecule has 1 heterocycles. The molecular weight excluding hydrogens is 447 g/mol. The highest BCUT2D eigenvalue weighted by molar-refractivity contribution is 6.04. The van der Waals surface area contributed by atoms with E-state index >= 15 is 0 Å². The number of ether oxygens (including phenoxy) is 2. The van der Waals surface area contributed by atoms with E-state index in [2.05, 4.69) is 0 Å². The summed E-state index contributed by atoms with van der Waals surface area (Å²) in [6, 6.07) is 14.1. The molecule has 0 aliphatic heterocycles. The second kappa shape index (κ2) is 9.75. The van der Waals surface area contributed by atoms with Crippen LogP contribution in [0.15, 0.2) is 54.6 Å². The lowest BCUT2D eigenvalue weighted by Crippen LogP contribution is -2.18. The number of fused-ring (bicyclic) bond motifs is 1. The quantitative estimate of drug-likeness (QED) is 0.441. The number of carbonyl (C=O) groups is 2. The molecular formula is C26H24F3NO4. The van der Waals surface area contributed by atoms with Gasteiger partial charge in [-0.05, 0) is 54.5 Å². The predicted molar refractivity (Wildman–Crippen MR) is 119 cm³/mol. The molecule has 178 valence electrons. The van der Waals surface area contributed by atoms with Gasteiger partial charge in [-0.15, -0.1) is 0 Å². The molecule has 0 saturated carbocycles. The van der Waals surface area contributed by atoms with Crippen molar-refractivity contribution in [2.75, 3.05) is 7.11 Å². The van der Waals surface area contributed by atoms with E-state index in [4.69, 9.17) is 9.47 Å². The highest BCUT2D eigenvalue weighted by atomic mass is 19.4. The van der Waals surface area contributed by atoms with Crippen molar-refractivity contribution in [1.82, 2.24) is 4.57 Å². The standard InChI is InChI=1S/C26H24F3NO4/c1-33-25(32)23-22(24(31)34-16-17-8-3-2-4-9-17)20-12-5-6-13-21(20)30(23)15-18-10-7-11-19(14-18)26(27,28)29/h2-4,7-11,14H,5-6,12-13,15-16H2,1H3. The van der Waals surface area contributed by atoms with Crippen LogP contribution in [0, 0.1) is 0 Å². The molecule has 4 rings (SSSR count). The Morgan fingerprint density at radius 3 is 2.35 bits per heavy atom. The molecule has 0 unspecified atom stereocenters. The number of rotatable bonds is 6. The van der Waals surface area contributed by atoms with Crippen molar-refractivity contribution in [3.05, 3.63) is 93.8 Å². The number of aromatic nitrogens is 1. The first kappa shape index (κ1) is 23.6. The topological polar surface area (TPSA) is 57.5 Å². The van der Waals surface area contributed by atoms with E-state index < -0.39 is 23.7 Å². The van der Waals surface area contributed by atoms with Gasteiger partial charge in [-0.3, -0.25) is 0 Å². The number of esters is 2. The van der Waals surface area contributed by atoms with Gasteiger partial charge in [0.2, 0.25) is 0 Å². The van der Waals surface area contributed by atoms with E-state index in [0.717, 1.165) is 36.2 Å². The second-order valence-corrected chi connectivity index (χ2v) is 8.19. The van der Waals surface area contributed by atoms with E-state index in [-0.39, 0.29) is 24.4 Å². The molecule has 0 spiro atoms. The van der Waals surface area contributed by atoms with Crippen molar-refractivity contribution in [2.45, 2.75) is 45.0 Å². The van der Waals surface area contributed by atoms with Gasteiger partial charge in [0.1, 0.15) is 12.3 Å². The van der Waals surface area contributed by atoms with Crippen molar-refractivity contribution in [2.24, 2.45) is 0 Å². The molecule has 1 aromatic heterocycles. The van der Waals surface area contributed by atoms with Crippen LogP contribution in [0.2, 0.25) is 0 Å². The van der Waals surface area contributed by atoms with Gasteiger partial charge >= 0.3 is 18.1 Å². The molecule has 0 radical (unpaired) electrons. The van der Waals surface area contributed by atoms with Crippen molar-refractivity contribution in [3.63, 3.8) is 0 Å². The van der Waals surface area contributed by atoms with Crippen LogP contribution in [0.1, 0.15) is 61.6 Å². The molecule has 0 amide bonds. The van der Waals surface area contributed by atoms with Crippen LogP contribution in [-0.2, 0) is 41.6 Å². The number of halogens is 3. The normalized spacial score (nSPS) is 13.3. The molecule has 1 aliphatic rings. The molecule has 2 aromatic carbocycles. The molecule has 34 heavy (non-hydrogen) atoms. The summed E-state index contributed by atoms with van der Waals surface area (Å²) >= 11 is 0. The van der Waals surface area contributed by atoms with Gasteiger partial charge in [-0.2, -0.15) is 13.2 Å². The molecule has 3 aromatic rings. The minimum atomic E-state index is -4.48. The van der Waals surface area contributed by atoms with Crippen molar-refractivity contribution in [3.8, 4) is 0 Å². The van der Waals surface area contributed by atoms with Gasteiger partial charge in [0.15, 0.2) is 0 Å². The largest absolute Gasteiger partial charge is 0.464 e. The minimum Gasteiger partial charge on any atom is -0.464 e. The fraction of sp³-hybridized carbons (Fsp3) is 0.308. The maximum Gasteiger partial charge on any atom is 0.416 e. The number of hydrogen-bond acceptors (Lipinski definition) is 4. The van der Waals surface area contributed by atoms with Crippen LogP contribution < -0.4 is 0 Å². The number of carbonyl (C=O) groups excluding carboxylic acids is 2. The monoisotopic (exact) mass is 471 g/mol. The van der Waals surface area contributed by atoms with Crippen LogP contribution in [-0.4, -0.2) is 23.6 Å². The number of alkyl halides is 3. The van der Waals surface area contributed by atoms with Gasteiger partial charge < -0.3 is 14.0 Å². The Bertz CT molecular complexity index is 1200. The minimum absolute atomic E-state index is 0.00263. The molecule has 0 atom stereocenters. The summed E-state index contributed by atoms with van der Waals surface area (Å²) < 4.78 is 51.8. The Labute approximate surface area is 195 Å². The fourth-order valence-electron chi connectivity index (χ4n) is 4.40. The average Bonchev–Trinajstić information content (AvgIpc) is 3.16. The van der Waals surface area contributed by atoms with Crippen molar-refractivity contribution < 1.29 is 32.2 Å². The molecule has 1 aliphatic carbocycles. The van der Waals surface area contributed by atoms with E-state index in [9.17, 15) is 22.8 Å². The van der Waals surface area contributed by atoms with E-state index in [1.807, 2.05) is 30.3 Å². The molecule has 0 fully saturated rings. The Morgan fingerprint density at radius 2 is 1.65 bits per heavy atom. The maximum atomic E-state index is 13.2. The first-order chi connectivity index (χ1) is 16.3. The van der Waals surface area contributed by atoms with Crippen LogP contribution in [0.3, 0.4) is 0 Å². The lowest BCUT2D eigenvalue weighted by Gasteiger charge is -2.17. The summed E-state index contributed by atoms with van der Waals surface area (Å²) in [7, 11) is 1.21. The lowest BCUT2D eigenvalue weighted by molar-refractivity contribution is -0.137. The summed E-state index contributed by atoms with van der Waals surface area (Å²) in [6.45, 7) is 0.0382. The number of benzene rings is 2. The molecule has 0 saturated heterocycles. The number of nitrogens with zero attached hydrogens (tertiary/aromatic N) is 1.